The summed E-state index contributed by atoms with van der Waals surface area (Å²) >= 11 is 0. The van der Waals surface area contributed by atoms with Crippen LogP contribution in [-0.4, -0.2) is 61.8 Å². The van der Waals surface area contributed by atoms with Gasteiger partial charge < -0.3 is 25.1 Å². The van der Waals surface area contributed by atoms with Gasteiger partial charge in [0.1, 0.15) is 12.1 Å². The van der Waals surface area contributed by atoms with Gasteiger partial charge in [-0.1, -0.05) is 0 Å². The van der Waals surface area contributed by atoms with Crippen molar-refractivity contribution in [3.05, 3.63) is 5.53 Å². The van der Waals surface area contributed by atoms with Crippen LogP contribution >= 0.6 is 0 Å². The number of nitrogens with zero attached hydrogens (tertiary/aromatic N) is 2. The van der Waals surface area contributed by atoms with E-state index in [4.69, 9.17) is 15.0 Å². The molecule has 0 aromatic carbocycles. The van der Waals surface area contributed by atoms with E-state index in [9.17, 15) is 14.4 Å². The van der Waals surface area contributed by atoms with Gasteiger partial charge in [0.15, 0.2) is 6.79 Å². The molecule has 0 unspecified atom stereocenters. The fraction of sp³-hybridized carbons (Fsp3) is 0.667. The molecule has 1 N–H and O–H groups in total. The van der Waals surface area contributed by atoms with Crippen LogP contribution in [-0.2, 0) is 28.6 Å². The fourth-order valence-corrected chi connectivity index (χ4v) is 1.28. The van der Waals surface area contributed by atoms with Gasteiger partial charge in [-0.25, -0.2) is 4.79 Å². The van der Waals surface area contributed by atoms with Gasteiger partial charge in [0.2, 0.25) is 11.7 Å². The Bertz CT molecular complexity index is 419. The van der Waals surface area contributed by atoms with E-state index in [1.54, 1.807) is 0 Å². The second kappa shape index (κ2) is 10.7. The maximum atomic E-state index is 11.8. The molecule has 0 rings (SSSR count). The molecule has 0 fully saturated rings. The molecule has 0 aliphatic heterocycles. The molecule has 0 aromatic rings. The van der Waals surface area contributed by atoms with Gasteiger partial charge in [0.25, 0.3) is 0 Å². The van der Waals surface area contributed by atoms with Crippen molar-refractivity contribution in [2.45, 2.75) is 31.9 Å². The van der Waals surface area contributed by atoms with Gasteiger partial charge in [0.05, 0.1) is 0 Å². The normalized spacial score (nSPS) is 12.7. The summed E-state index contributed by atoms with van der Waals surface area (Å²) in [4.78, 5) is 37.3. The summed E-state index contributed by atoms with van der Waals surface area (Å²) in [6, 6.07) is -1.03. The van der Waals surface area contributed by atoms with Gasteiger partial charge in [-0.2, -0.15) is 4.79 Å². The first-order chi connectivity index (χ1) is 9.96. The minimum atomic E-state index is -1.03. The molecule has 9 heteroatoms. The Hall–Kier alpha value is -2.09. The standard InChI is InChI=1S/C12H19N3O6/c1-8(20-3)11(17)15-10(12(18)21-7-19-2)5-4-9(16)6-14-13/h6,8,10H,4-5,7H2,1-3H3,(H,15,17)/t8-,10-/m0/s1. The van der Waals surface area contributed by atoms with Gasteiger partial charge in [-0.3, -0.25) is 9.59 Å². The topological polar surface area (TPSA) is 127 Å². The number of esters is 1. The van der Waals surface area contributed by atoms with Crippen molar-refractivity contribution in [3.63, 3.8) is 0 Å². The molecule has 0 saturated carbocycles. The molecular formula is C12H19N3O6. The van der Waals surface area contributed by atoms with Crippen LogP contribution in [0.2, 0.25) is 0 Å². The minimum Gasteiger partial charge on any atom is -0.437 e. The number of ketones is 1. The zero-order valence-electron chi connectivity index (χ0n) is 12.2. The Morgan fingerprint density at radius 3 is 2.52 bits per heavy atom. The predicted molar refractivity (Wildman–Crippen MR) is 70.3 cm³/mol. The van der Waals surface area contributed by atoms with Crippen molar-refractivity contribution in [1.29, 1.82) is 0 Å². The van der Waals surface area contributed by atoms with Crippen molar-refractivity contribution in [2.75, 3.05) is 21.0 Å². The lowest BCUT2D eigenvalue weighted by molar-refractivity contribution is -0.158. The molecule has 9 nitrogen and oxygen atoms in total. The van der Waals surface area contributed by atoms with Crippen molar-refractivity contribution in [1.82, 2.24) is 5.32 Å². The summed E-state index contributed by atoms with van der Waals surface area (Å²) in [6.07, 6.45) is -0.136. The third kappa shape index (κ3) is 7.93. The molecular weight excluding hydrogens is 282 g/mol. The molecule has 118 valence electrons. The second-order valence-electron chi connectivity index (χ2n) is 4.06. The first-order valence-electron chi connectivity index (χ1n) is 6.15. The zero-order chi connectivity index (χ0) is 16.3. The number of hydrogen-bond donors (Lipinski definition) is 1. The lowest BCUT2D eigenvalue weighted by Crippen LogP contribution is -2.46. The quantitative estimate of drug-likeness (QED) is 0.187. The first kappa shape index (κ1) is 18.9. The van der Waals surface area contributed by atoms with E-state index in [0.717, 1.165) is 6.21 Å². The Kier molecular flexibility index (Phi) is 9.61. The van der Waals surface area contributed by atoms with E-state index < -0.39 is 29.8 Å². The maximum Gasteiger partial charge on any atom is 0.330 e. The van der Waals surface area contributed by atoms with Gasteiger partial charge in [-0.15, -0.1) is 0 Å². The number of ether oxygens (including phenoxy) is 3. The lowest BCUT2D eigenvalue weighted by atomic mass is 10.1. The molecule has 0 saturated heterocycles. The third-order valence-electron chi connectivity index (χ3n) is 2.52. The summed E-state index contributed by atoms with van der Waals surface area (Å²) in [6.45, 7) is 1.24. The van der Waals surface area contributed by atoms with Gasteiger partial charge in [-0.05, 0) is 13.3 Å². The second-order valence-corrected chi connectivity index (χ2v) is 4.06. The zero-order valence-corrected chi connectivity index (χ0v) is 12.2. The number of carbonyl (C=O) groups excluding carboxylic acids is 3. The molecule has 0 aliphatic rings. The van der Waals surface area contributed by atoms with Crippen LogP contribution in [0.1, 0.15) is 19.8 Å². The Morgan fingerprint density at radius 2 is 2.00 bits per heavy atom. The van der Waals surface area contributed by atoms with E-state index in [1.807, 2.05) is 0 Å². The number of methoxy groups -OCH3 is 2. The minimum absolute atomic E-state index is 0.00439. The van der Waals surface area contributed by atoms with Crippen LogP contribution in [0.15, 0.2) is 0 Å². The monoisotopic (exact) mass is 301 g/mol. The number of Topliss-reactive ketones (excluding diaryl/α,β-unsaturated/α-hetero) is 1. The first-order valence-corrected chi connectivity index (χ1v) is 6.15. The number of nitrogens with one attached hydrogen (secondary N) is 1. The van der Waals surface area contributed by atoms with Crippen LogP contribution in [0, 0.1) is 0 Å². The highest BCUT2D eigenvalue weighted by Gasteiger charge is 2.25. The van der Waals surface area contributed by atoms with Crippen LogP contribution in [0.4, 0.5) is 0 Å². The molecule has 1 amide bonds. The highest BCUT2D eigenvalue weighted by molar-refractivity contribution is 6.25. The van der Waals surface area contributed by atoms with E-state index >= 15 is 0 Å². The van der Waals surface area contributed by atoms with E-state index in [-0.39, 0.29) is 19.6 Å². The van der Waals surface area contributed by atoms with Crippen molar-refractivity contribution < 1.29 is 33.4 Å². The average molecular weight is 301 g/mol. The van der Waals surface area contributed by atoms with Crippen molar-refractivity contribution in [2.24, 2.45) is 0 Å². The van der Waals surface area contributed by atoms with E-state index in [0.29, 0.717) is 0 Å². The number of rotatable bonds is 10. The van der Waals surface area contributed by atoms with Crippen molar-refractivity contribution >= 4 is 23.9 Å². The molecule has 0 aromatic heterocycles. The summed E-state index contributed by atoms with van der Waals surface area (Å²) in [7, 11) is 2.69. The lowest BCUT2D eigenvalue weighted by Gasteiger charge is -2.18. The van der Waals surface area contributed by atoms with E-state index in [1.165, 1.54) is 21.1 Å². The van der Waals surface area contributed by atoms with Gasteiger partial charge >= 0.3 is 12.2 Å². The number of hydrogen-bond acceptors (Lipinski definition) is 6. The summed E-state index contributed by atoms with van der Waals surface area (Å²) in [5, 5.41) is 2.42. The highest BCUT2D eigenvalue weighted by Crippen LogP contribution is 2.02. The summed E-state index contributed by atoms with van der Waals surface area (Å²) < 4.78 is 14.2. The molecule has 0 bridgehead atoms. The molecule has 0 spiro atoms. The maximum absolute atomic E-state index is 11.8. The van der Waals surface area contributed by atoms with Crippen LogP contribution in [0.25, 0.3) is 5.53 Å². The average Bonchev–Trinajstić information content (AvgIpc) is 2.47. The van der Waals surface area contributed by atoms with E-state index in [2.05, 4.69) is 14.8 Å². The third-order valence-corrected chi connectivity index (χ3v) is 2.52. The molecule has 21 heavy (non-hydrogen) atoms. The smallest absolute Gasteiger partial charge is 0.330 e. The summed E-state index contributed by atoms with van der Waals surface area (Å²) in [5.74, 6) is -1.74. The largest absolute Gasteiger partial charge is 0.437 e. The van der Waals surface area contributed by atoms with Crippen LogP contribution in [0.3, 0.4) is 0 Å². The Morgan fingerprint density at radius 1 is 1.33 bits per heavy atom. The highest BCUT2D eigenvalue weighted by atomic mass is 16.7. The number of carbonyl (C=O) groups is 3. The molecule has 2 atom stereocenters. The SMILES string of the molecule is COCOC(=O)[C@H](CCC(=O)C=[N+]=[N-])NC(=O)[C@H](C)OC. The summed E-state index contributed by atoms with van der Waals surface area (Å²) in [5.41, 5.74) is 8.23. The van der Waals surface area contributed by atoms with Crippen LogP contribution in [0.5, 0.6) is 0 Å². The Labute approximate surface area is 122 Å². The predicted octanol–water partition coefficient (Wildman–Crippen LogP) is -0.697. The van der Waals surface area contributed by atoms with Crippen molar-refractivity contribution in [3.8, 4) is 0 Å². The molecule has 0 aliphatic carbocycles. The Balaban J connectivity index is 4.67. The van der Waals surface area contributed by atoms with Crippen LogP contribution < -0.4 is 5.32 Å². The number of amides is 1. The van der Waals surface area contributed by atoms with Gasteiger partial charge in [0, 0.05) is 20.6 Å². The fourth-order valence-electron chi connectivity index (χ4n) is 1.28. The molecule has 0 radical (unpaired) electrons. The molecule has 0 heterocycles.